The van der Waals surface area contributed by atoms with Gasteiger partial charge in [-0.25, -0.2) is 13.2 Å². The van der Waals surface area contributed by atoms with Crippen molar-refractivity contribution in [2.75, 3.05) is 5.32 Å². The van der Waals surface area contributed by atoms with Gasteiger partial charge in [0.1, 0.15) is 23.2 Å². The predicted molar refractivity (Wildman–Crippen MR) is 122 cm³/mol. The summed E-state index contributed by atoms with van der Waals surface area (Å²) in [6.45, 7) is 0. The maximum Gasteiger partial charge on any atom is 0.315 e. The molecule has 0 spiro atoms. The highest BCUT2D eigenvalue weighted by atomic mass is 19.1. The molecule has 0 saturated carbocycles. The number of anilines is 1. The van der Waals surface area contributed by atoms with Crippen LogP contribution in [0.25, 0.3) is 11.1 Å². The quantitative estimate of drug-likeness (QED) is 0.276. The van der Waals surface area contributed by atoms with Crippen molar-refractivity contribution in [2.45, 2.75) is 6.42 Å². The van der Waals surface area contributed by atoms with Gasteiger partial charge in [0, 0.05) is 17.3 Å². The molecule has 0 aliphatic rings. The number of nitrogens with one attached hydrogen (secondary N) is 1. The minimum atomic E-state index is -0.796. The Bertz CT molecular complexity index is 1340. The number of hydrogen-bond donors (Lipinski definition) is 1. The fraction of sp³-hybridized carbons (Fsp3) is 0.0370. The SMILES string of the molecule is O=C(Cc1ccc(F)cc1)Oc1ccc(-c2ccc(F)cc2F)cc1C(=O)Nc1ccccc1. The number of rotatable bonds is 6. The molecule has 0 aliphatic carbocycles. The largest absolute Gasteiger partial charge is 0.425 e. The maximum absolute atomic E-state index is 14.3. The third kappa shape index (κ3) is 5.50. The summed E-state index contributed by atoms with van der Waals surface area (Å²) in [6.07, 6.45) is -0.144. The first-order valence-electron chi connectivity index (χ1n) is 10.3. The van der Waals surface area contributed by atoms with Gasteiger partial charge in [-0.05, 0) is 59.7 Å². The van der Waals surface area contributed by atoms with Crippen molar-refractivity contribution in [3.05, 3.63) is 120 Å². The number of carbonyl (C=O) groups is 2. The van der Waals surface area contributed by atoms with Gasteiger partial charge in [0.2, 0.25) is 0 Å². The van der Waals surface area contributed by atoms with Crippen LogP contribution in [-0.2, 0) is 11.2 Å². The first-order chi connectivity index (χ1) is 16.4. The van der Waals surface area contributed by atoms with Gasteiger partial charge in [-0.2, -0.15) is 0 Å². The lowest BCUT2D eigenvalue weighted by atomic mass is 10.0. The summed E-state index contributed by atoms with van der Waals surface area (Å²) in [6, 6.07) is 21.3. The summed E-state index contributed by atoms with van der Waals surface area (Å²) in [5, 5.41) is 2.70. The molecule has 1 amide bonds. The molecular formula is C27H18F3NO3. The Morgan fingerprint density at radius 2 is 1.47 bits per heavy atom. The van der Waals surface area contributed by atoms with Crippen molar-refractivity contribution in [2.24, 2.45) is 0 Å². The molecule has 0 fully saturated rings. The van der Waals surface area contributed by atoms with E-state index in [9.17, 15) is 22.8 Å². The zero-order valence-electron chi connectivity index (χ0n) is 17.7. The Kier molecular flexibility index (Phi) is 6.73. The average molecular weight is 461 g/mol. The van der Waals surface area contributed by atoms with Gasteiger partial charge in [0.05, 0.1) is 12.0 Å². The van der Waals surface area contributed by atoms with E-state index in [1.54, 1.807) is 30.3 Å². The van der Waals surface area contributed by atoms with E-state index in [2.05, 4.69) is 5.32 Å². The number of benzene rings is 4. The van der Waals surface area contributed by atoms with Crippen molar-refractivity contribution >= 4 is 17.6 Å². The third-order valence-corrected chi connectivity index (χ3v) is 4.98. The topological polar surface area (TPSA) is 55.4 Å². The van der Waals surface area contributed by atoms with Crippen LogP contribution < -0.4 is 10.1 Å². The lowest BCUT2D eigenvalue weighted by Crippen LogP contribution is -2.17. The summed E-state index contributed by atoms with van der Waals surface area (Å²) in [5.41, 5.74) is 1.41. The van der Waals surface area contributed by atoms with Crippen LogP contribution in [0.2, 0.25) is 0 Å². The second kappa shape index (κ2) is 10.0. The Morgan fingerprint density at radius 1 is 0.765 bits per heavy atom. The molecule has 4 nitrogen and oxygen atoms in total. The Balaban J connectivity index is 1.65. The summed E-state index contributed by atoms with van der Waals surface area (Å²) < 4.78 is 46.2. The standard InChI is InChI=1S/C27H18F3NO3/c28-19-9-6-17(7-10-19)14-26(32)34-25-13-8-18(22-12-11-20(29)16-24(22)30)15-23(25)27(33)31-21-4-2-1-3-5-21/h1-13,15-16H,14H2,(H,31,33). The first-order valence-corrected chi connectivity index (χ1v) is 10.3. The van der Waals surface area contributed by atoms with E-state index in [1.807, 2.05) is 0 Å². The van der Waals surface area contributed by atoms with E-state index in [4.69, 9.17) is 4.74 Å². The van der Waals surface area contributed by atoms with E-state index in [-0.39, 0.29) is 23.3 Å². The molecule has 4 aromatic carbocycles. The monoisotopic (exact) mass is 461 g/mol. The van der Waals surface area contributed by atoms with Gasteiger partial charge in [-0.3, -0.25) is 9.59 Å². The lowest BCUT2D eigenvalue weighted by molar-refractivity contribution is -0.133. The minimum absolute atomic E-state index is 0.0162. The lowest BCUT2D eigenvalue weighted by Gasteiger charge is -2.13. The van der Waals surface area contributed by atoms with Crippen molar-refractivity contribution in [1.29, 1.82) is 0 Å². The first kappa shape index (κ1) is 22.8. The molecule has 170 valence electrons. The van der Waals surface area contributed by atoms with Gasteiger partial charge in [-0.1, -0.05) is 36.4 Å². The number of ether oxygens (including phenoxy) is 1. The molecule has 34 heavy (non-hydrogen) atoms. The van der Waals surface area contributed by atoms with Gasteiger partial charge < -0.3 is 10.1 Å². The van der Waals surface area contributed by atoms with Crippen LogP contribution in [0.5, 0.6) is 5.75 Å². The van der Waals surface area contributed by atoms with Crippen LogP contribution in [0, 0.1) is 17.5 Å². The van der Waals surface area contributed by atoms with Gasteiger partial charge >= 0.3 is 5.97 Å². The Hall–Kier alpha value is -4.39. The normalized spacial score (nSPS) is 10.6. The third-order valence-electron chi connectivity index (χ3n) is 4.98. The Labute approximate surface area is 193 Å². The highest BCUT2D eigenvalue weighted by molar-refractivity contribution is 6.07. The average Bonchev–Trinajstić information content (AvgIpc) is 2.81. The Morgan fingerprint density at radius 3 is 2.18 bits per heavy atom. The molecule has 0 aromatic heterocycles. The fourth-order valence-electron chi connectivity index (χ4n) is 3.34. The second-order valence-corrected chi connectivity index (χ2v) is 7.43. The minimum Gasteiger partial charge on any atom is -0.425 e. The van der Waals surface area contributed by atoms with Crippen LogP contribution in [0.3, 0.4) is 0 Å². The molecule has 4 aromatic rings. The van der Waals surface area contributed by atoms with Crippen molar-refractivity contribution in [1.82, 2.24) is 0 Å². The van der Waals surface area contributed by atoms with Gasteiger partial charge in [-0.15, -0.1) is 0 Å². The summed E-state index contributed by atoms with van der Waals surface area (Å²) in [7, 11) is 0. The van der Waals surface area contributed by atoms with Gasteiger partial charge in [0.25, 0.3) is 5.91 Å². The van der Waals surface area contributed by atoms with Crippen molar-refractivity contribution in [3.63, 3.8) is 0 Å². The zero-order chi connectivity index (χ0) is 24.1. The van der Waals surface area contributed by atoms with Crippen LogP contribution in [0.1, 0.15) is 15.9 Å². The second-order valence-electron chi connectivity index (χ2n) is 7.43. The number of esters is 1. The van der Waals surface area contributed by atoms with E-state index < -0.39 is 29.3 Å². The van der Waals surface area contributed by atoms with Crippen LogP contribution in [0.15, 0.2) is 91.0 Å². The molecular weight excluding hydrogens is 443 g/mol. The molecule has 0 atom stereocenters. The molecule has 0 bridgehead atoms. The zero-order valence-corrected chi connectivity index (χ0v) is 17.7. The van der Waals surface area contributed by atoms with E-state index in [0.29, 0.717) is 16.8 Å². The van der Waals surface area contributed by atoms with Crippen LogP contribution >= 0.6 is 0 Å². The number of hydrogen-bond acceptors (Lipinski definition) is 3. The number of amides is 1. The van der Waals surface area contributed by atoms with E-state index >= 15 is 0 Å². The number of halogens is 3. The van der Waals surface area contributed by atoms with Crippen molar-refractivity contribution < 1.29 is 27.5 Å². The fourth-order valence-corrected chi connectivity index (χ4v) is 3.34. The molecule has 7 heteroatoms. The van der Waals surface area contributed by atoms with Crippen molar-refractivity contribution in [3.8, 4) is 16.9 Å². The molecule has 0 unspecified atom stereocenters. The summed E-state index contributed by atoms with van der Waals surface area (Å²) in [4.78, 5) is 25.5. The van der Waals surface area contributed by atoms with Gasteiger partial charge in [0.15, 0.2) is 0 Å². The van der Waals surface area contributed by atoms with Crippen LogP contribution in [0.4, 0.5) is 18.9 Å². The summed E-state index contributed by atoms with van der Waals surface area (Å²) >= 11 is 0. The molecule has 0 saturated heterocycles. The van der Waals surface area contributed by atoms with E-state index in [0.717, 1.165) is 12.1 Å². The molecule has 0 aliphatic heterocycles. The molecule has 0 radical (unpaired) electrons. The molecule has 4 rings (SSSR count). The number of para-hydroxylation sites is 1. The number of carbonyl (C=O) groups excluding carboxylic acids is 2. The predicted octanol–water partition coefficient (Wildman–Crippen LogP) is 6.17. The summed E-state index contributed by atoms with van der Waals surface area (Å²) in [5.74, 6) is -3.24. The van der Waals surface area contributed by atoms with Crippen LogP contribution in [-0.4, -0.2) is 11.9 Å². The highest BCUT2D eigenvalue weighted by Crippen LogP contribution is 2.30. The highest BCUT2D eigenvalue weighted by Gasteiger charge is 2.19. The smallest absolute Gasteiger partial charge is 0.315 e. The van der Waals surface area contributed by atoms with E-state index in [1.165, 1.54) is 48.5 Å². The molecule has 0 heterocycles. The molecule has 1 N–H and O–H groups in total. The maximum atomic E-state index is 14.3.